The van der Waals surface area contributed by atoms with Gasteiger partial charge >= 0.3 is 0 Å². The second kappa shape index (κ2) is 5.51. The highest BCUT2D eigenvalue weighted by Crippen LogP contribution is 2.37. The second-order valence-corrected chi connectivity index (χ2v) is 6.05. The average molecular weight is 260 g/mol. The molecule has 2 atom stereocenters. The van der Waals surface area contributed by atoms with Gasteiger partial charge in [0.05, 0.1) is 7.11 Å². The average Bonchev–Trinajstić information content (AvgIpc) is 2.79. The minimum Gasteiger partial charge on any atom is -0.497 e. The smallest absolute Gasteiger partial charge is 0.118 e. The third kappa shape index (κ3) is 2.93. The summed E-state index contributed by atoms with van der Waals surface area (Å²) in [7, 11) is 1.72. The van der Waals surface area contributed by atoms with E-state index in [4.69, 9.17) is 4.74 Å². The normalized spacial score (nSPS) is 34.0. The van der Waals surface area contributed by atoms with Crippen molar-refractivity contribution in [1.82, 2.24) is 10.6 Å². The van der Waals surface area contributed by atoms with Crippen LogP contribution in [-0.2, 0) is 0 Å². The van der Waals surface area contributed by atoms with Crippen molar-refractivity contribution in [3.05, 3.63) is 29.8 Å². The molecule has 0 radical (unpaired) electrons. The first-order valence-corrected chi connectivity index (χ1v) is 7.38. The van der Waals surface area contributed by atoms with E-state index in [-0.39, 0.29) is 0 Å². The molecular formula is C16H24N2O. The molecule has 1 aromatic carbocycles. The first-order chi connectivity index (χ1) is 9.24. The van der Waals surface area contributed by atoms with E-state index in [2.05, 4.69) is 41.8 Å². The quantitative estimate of drug-likeness (QED) is 0.871. The Bertz CT molecular complexity index is 411. The number of nitrogens with one attached hydrogen (secondary N) is 2. The SMILES string of the molecule is COc1ccc(C2CC(NC3CNC(C)C3)C2)cc1. The van der Waals surface area contributed by atoms with Gasteiger partial charge in [0.25, 0.3) is 0 Å². The fourth-order valence-electron chi connectivity index (χ4n) is 3.30. The Hall–Kier alpha value is -1.06. The Kier molecular flexibility index (Phi) is 3.76. The third-order valence-electron chi connectivity index (χ3n) is 4.55. The van der Waals surface area contributed by atoms with Crippen LogP contribution in [0.4, 0.5) is 0 Å². The summed E-state index contributed by atoms with van der Waals surface area (Å²) in [4.78, 5) is 0. The summed E-state index contributed by atoms with van der Waals surface area (Å²) >= 11 is 0. The van der Waals surface area contributed by atoms with Gasteiger partial charge in [-0.2, -0.15) is 0 Å². The van der Waals surface area contributed by atoms with E-state index < -0.39 is 0 Å². The highest BCUT2D eigenvalue weighted by atomic mass is 16.5. The molecule has 104 valence electrons. The molecule has 1 aromatic rings. The molecule has 2 fully saturated rings. The van der Waals surface area contributed by atoms with Gasteiger partial charge in [0.1, 0.15) is 5.75 Å². The van der Waals surface area contributed by atoms with Crippen molar-refractivity contribution in [3.63, 3.8) is 0 Å². The summed E-state index contributed by atoms with van der Waals surface area (Å²) in [5.74, 6) is 1.68. The standard InChI is InChI=1S/C16H24N2O/c1-11-7-15(10-17-11)18-14-8-13(9-14)12-3-5-16(19-2)6-4-12/h3-6,11,13-15,17-18H,7-10H2,1-2H3. The van der Waals surface area contributed by atoms with Gasteiger partial charge in [-0.15, -0.1) is 0 Å². The first-order valence-electron chi connectivity index (χ1n) is 7.38. The maximum atomic E-state index is 5.20. The number of benzene rings is 1. The molecular weight excluding hydrogens is 236 g/mol. The van der Waals surface area contributed by atoms with Crippen LogP contribution in [0.5, 0.6) is 5.75 Å². The van der Waals surface area contributed by atoms with Crippen LogP contribution >= 0.6 is 0 Å². The molecule has 0 spiro atoms. The molecule has 2 aliphatic rings. The van der Waals surface area contributed by atoms with E-state index in [1.807, 2.05) is 0 Å². The molecule has 0 aromatic heterocycles. The summed E-state index contributed by atoms with van der Waals surface area (Å²) in [6.45, 7) is 3.40. The lowest BCUT2D eigenvalue weighted by molar-refractivity contribution is 0.268. The van der Waals surface area contributed by atoms with Gasteiger partial charge in [-0.25, -0.2) is 0 Å². The molecule has 0 amide bonds. The Morgan fingerprint density at radius 1 is 1.11 bits per heavy atom. The molecule has 3 rings (SSSR count). The van der Waals surface area contributed by atoms with Crippen LogP contribution in [0, 0.1) is 0 Å². The molecule has 3 heteroatoms. The van der Waals surface area contributed by atoms with E-state index >= 15 is 0 Å². The van der Waals surface area contributed by atoms with Gasteiger partial charge in [0.2, 0.25) is 0 Å². The van der Waals surface area contributed by atoms with Crippen molar-refractivity contribution in [3.8, 4) is 5.75 Å². The van der Waals surface area contributed by atoms with Gasteiger partial charge in [-0.1, -0.05) is 12.1 Å². The third-order valence-corrected chi connectivity index (χ3v) is 4.55. The maximum Gasteiger partial charge on any atom is 0.118 e. The zero-order valence-electron chi connectivity index (χ0n) is 11.9. The number of rotatable bonds is 4. The van der Waals surface area contributed by atoms with E-state index in [0.29, 0.717) is 18.1 Å². The number of hydrogen-bond donors (Lipinski definition) is 2. The lowest BCUT2D eigenvalue weighted by Crippen LogP contribution is -2.46. The predicted octanol–water partition coefficient (Wildman–Crippen LogP) is 2.28. The van der Waals surface area contributed by atoms with Crippen molar-refractivity contribution < 1.29 is 4.74 Å². The molecule has 2 N–H and O–H groups in total. The first kappa shape index (κ1) is 12.9. The van der Waals surface area contributed by atoms with E-state index in [0.717, 1.165) is 18.2 Å². The molecule has 2 unspecified atom stereocenters. The predicted molar refractivity (Wildman–Crippen MR) is 77.8 cm³/mol. The Morgan fingerprint density at radius 3 is 2.42 bits per heavy atom. The van der Waals surface area contributed by atoms with Crippen LogP contribution in [0.3, 0.4) is 0 Å². The van der Waals surface area contributed by atoms with Crippen LogP contribution in [0.15, 0.2) is 24.3 Å². The Labute approximate surface area is 115 Å². The minimum atomic E-state index is 0.676. The summed E-state index contributed by atoms with van der Waals surface area (Å²) < 4.78 is 5.20. The summed E-state index contributed by atoms with van der Waals surface area (Å²) in [6.07, 6.45) is 3.82. The van der Waals surface area contributed by atoms with Crippen molar-refractivity contribution >= 4 is 0 Å². The highest BCUT2D eigenvalue weighted by molar-refractivity contribution is 5.31. The van der Waals surface area contributed by atoms with Gasteiger partial charge in [-0.3, -0.25) is 0 Å². The van der Waals surface area contributed by atoms with E-state index in [9.17, 15) is 0 Å². The van der Waals surface area contributed by atoms with Crippen LogP contribution in [0.25, 0.3) is 0 Å². The lowest BCUT2D eigenvalue weighted by atomic mass is 9.75. The van der Waals surface area contributed by atoms with Crippen molar-refractivity contribution in [1.29, 1.82) is 0 Å². The van der Waals surface area contributed by atoms with Gasteiger partial charge in [-0.05, 0) is 49.8 Å². The van der Waals surface area contributed by atoms with Gasteiger partial charge in [0, 0.05) is 24.7 Å². The Morgan fingerprint density at radius 2 is 1.84 bits per heavy atom. The largest absolute Gasteiger partial charge is 0.497 e. The van der Waals surface area contributed by atoms with Crippen LogP contribution in [0.1, 0.15) is 37.7 Å². The number of methoxy groups -OCH3 is 1. The summed E-state index contributed by atoms with van der Waals surface area (Å²) in [6, 6.07) is 10.6. The molecule has 3 nitrogen and oxygen atoms in total. The van der Waals surface area contributed by atoms with Crippen molar-refractivity contribution in [2.45, 2.75) is 50.2 Å². The van der Waals surface area contributed by atoms with Gasteiger partial charge in [0.15, 0.2) is 0 Å². The fourth-order valence-corrected chi connectivity index (χ4v) is 3.30. The minimum absolute atomic E-state index is 0.676. The monoisotopic (exact) mass is 260 g/mol. The van der Waals surface area contributed by atoms with Crippen LogP contribution in [0.2, 0.25) is 0 Å². The number of ether oxygens (including phenoxy) is 1. The van der Waals surface area contributed by atoms with Crippen molar-refractivity contribution in [2.75, 3.05) is 13.7 Å². The van der Waals surface area contributed by atoms with E-state index in [1.165, 1.54) is 24.8 Å². The molecule has 1 heterocycles. The molecule has 19 heavy (non-hydrogen) atoms. The van der Waals surface area contributed by atoms with Gasteiger partial charge < -0.3 is 15.4 Å². The lowest BCUT2D eigenvalue weighted by Gasteiger charge is -2.38. The molecule has 1 saturated heterocycles. The fraction of sp³-hybridized carbons (Fsp3) is 0.625. The zero-order chi connectivity index (χ0) is 13.2. The molecule has 0 bridgehead atoms. The molecule has 1 aliphatic heterocycles. The summed E-state index contributed by atoms with van der Waals surface area (Å²) in [5.41, 5.74) is 1.46. The van der Waals surface area contributed by atoms with E-state index in [1.54, 1.807) is 7.11 Å². The maximum absolute atomic E-state index is 5.20. The summed E-state index contributed by atoms with van der Waals surface area (Å²) in [5, 5.41) is 7.28. The Balaban J connectivity index is 1.46. The zero-order valence-corrected chi connectivity index (χ0v) is 11.9. The van der Waals surface area contributed by atoms with Crippen molar-refractivity contribution in [2.24, 2.45) is 0 Å². The molecule has 1 aliphatic carbocycles. The molecule has 1 saturated carbocycles. The second-order valence-electron chi connectivity index (χ2n) is 6.05. The van der Waals surface area contributed by atoms with Crippen LogP contribution in [-0.4, -0.2) is 31.8 Å². The topological polar surface area (TPSA) is 33.3 Å². The number of hydrogen-bond acceptors (Lipinski definition) is 3. The van der Waals surface area contributed by atoms with Crippen LogP contribution < -0.4 is 15.4 Å². The highest BCUT2D eigenvalue weighted by Gasteiger charge is 2.33.